The van der Waals surface area contributed by atoms with Gasteiger partial charge in [-0.15, -0.1) is 0 Å². The van der Waals surface area contributed by atoms with Gasteiger partial charge in [0.05, 0.1) is 28.7 Å². The lowest BCUT2D eigenvalue weighted by molar-refractivity contribution is 0.102. The summed E-state index contributed by atoms with van der Waals surface area (Å²) in [6, 6.07) is 6.46. The molecule has 0 aliphatic carbocycles. The van der Waals surface area contributed by atoms with Gasteiger partial charge in [-0.1, -0.05) is 11.6 Å². The Morgan fingerprint density at radius 2 is 2.12 bits per heavy atom. The number of hydrogen-bond acceptors (Lipinski definition) is 4. The number of anilines is 2. The van der Waals surface area contributed by atoms with Crippen molar-refractivity contribution in [2.75, 3.05) is 11.1 Å². The highest BCUT2D eigenvalue weighted by atomic mass is 35.5. The van der Waals surface area contributed by atoms with Gasteiger partial charge in [0.25, 0.3) is 5.91 Å². The summed E-state index contributed by atoms with van der Waals surface area (Å²) in [5.74, 6) is -0.276. The number of carbonyl (C=O) groups is 1. The van der Waals surface area contributed by atoms with Crippen molar-refractivity contribution in [1.82, 2.24) is 10.2 Å². The van der Waals surface area contributed by atoms with Crippen LogP contribution in [0, 0.1) is 0 Å². The summed E-state index contributed by atoms with van der Waals surface area (Å²) in [5.41, 5.74) is 7.05. The van der Waals surface area contributed by atoms with Gasteiger partial charge in [-0.3, -0.25) is 4.79 Å². The van der Waals surface area contributed by atoms with Crippen LogP contribution in [0.1, 0.15) is 10.4 Å². The molecule has 2 rings (SSSR count). The first-order valence-corrected chi connectivity index (χ1v) is 5.17. The molecule has 1 aromatic carbocycles. The molecule has 1 aromatic heterocycles. The van der Waals surface area contributed by atoms with E-state index in [1.807, 2.05) is 0 Å². The van der Waals surface area contributed by atoms with E-state index in [0.717, 1.165) is 0 Å². The summed E-state index contributed by atoms with van der Waals surface area (Å²) in [5, 5.41) is 10.3. The van der Waals surface area contributed by atoms with Crippen LogP contribution in [0.3, 0.4) is 0 Å². The number of nitrogen functional groups attached to an aromatic ring is 1. The van der Waals surface area contributed by atoms with Crippen molar-refractivity contribution >= 4 is 28.9 Å². The lowest BCUT2D eigenvalue weighted by Gasteiger charge is -2.06. The smallest absolute Gasteiger partial charge is 0.257 e. The normalized spacial score (nSPS) is 9.94. The van der Waals surface area contributed by atoms with E-state index >= 15 is 0 Å². The lowest BCUT2D eigenvalue weighted by atomic mass is 10.2. The quantitative estimate of drug-likeness (QED) is 0.796. The highest BCUT2D eigenvalue weighted by Crippen LogP contribution is 2.22. The molecule has 0 saturated heterocycles. The maximum Gasteiger partial charge on any atom is 0.257 e. The SMILES string of the molecule is Nc1cc(NC(=O)c2ccnnc2)ccc1Cl. The molecular formula is C11H9ClN4O. The highest BCUT2D eigenvalue weighted by molar-refractivity contribution is 6.33. The van der Waals surface area contributed by atoms with Gasteiger partial charge in [0.15, 0.2) is 0 Å². The molecule has 86 valence electrons. The summed E-state index contributed by atoms with van der Waals surface area (Å²) >= 11 is 5.78. The molecule has 0 spiro atoms. The fraction of sp³-hybridized carbons (Fsp3) is 0. The highest BCUT2D eigenvalue weighted by Gasteiger charge is 2.06. The van der Waals surface area contributed by atoms with Crippen LogP contribution in [0.5, 0.6) is 0 Å². The van der Waals surface area contributed by atoms with Crippen LogP contribution in [0.25, 0.3) is 0 Å². The van der Waals surface area contributed by atoms with Crippen molar-refractivity contribution in [3.63, 3.8) is 0 Å². The van der Waals surface area contributed by atoms with Crippen LogP contribution in [-0.4, -0.2) is 16.1 Å². The second-order valence-corrected chi connectivity index (χ2v) is 3.73. The first kappa shape index (κ1) is 11.3. The summed E-state index contributed by atoms with van der Waals surface area (Å²) in [6.07, 6.45) is 2.83. The number of halogens is 1. The average molecular weight is 249 g/mol. The molecule has 0 unspecified atom stereocenters. The van der Waals surface area contributed by atoms with E-state index in [4.69, 9.17) is 17.3 Å². The second-order valence-electron chi connectivity index (χ2n) is 3.32. The van der Waals surface area contributed by atoms with E-state index in [-0.39, 0.29) is 5.91 Å². The molecule has 0 aliphatic rings. The van der Waals surface area contributed by atoms with Gasteiger partial charge in [0.2, 0.25) is 0 Å². The van der Waals surface area contributed by atoms with E-state index in [2.05, 4.69) is 15.5 Å². The van der Waals surface area contributed by atoms with Gasteiger partial charge >= 0.3 is 0 Å². The Balaban J connectivity index is 2.16. The predicted octanol–water partition coefficient (Wildman–Crippen LogP) is 1.96. The number of hydrogen-bond donors (Lipinski definition) is 2. The maximum atomic E-state index is 11.8. The molecule has 0 aliphatic heterocycles. The number of nitrogens with zero attached hydrogens (tertiary/aromatic N) is 2. The Hall–Kier alpha value is -2.14. The van der Waals surface area contributed by atoms with Crippen LogP contribution >= 0.6 is 11.6 Å². The molecule has 0 fully saturated rings. The molecular weight excluding hydrogens is 240 g/mol. The zero-order valence-electron chi connectivity index (χ0n) is 8.72. The Kier molecular flexibility index (Phi) is 3.20. The van der Waals surface area contributed by atoms with Gasteiger partial charge < -0.3 is 11.1 Å². The maximum absolute atomic E-state index is 11.8. The third-order valence-electron chi connectivity index (χ3n) is 2.10. The van der Waals surface area contributed by atoms with Gasteiger partial charge in [-0.25, -0.2) is 0 Å². The van der Waals surface area contributed by atoms with E-state index in [1.54, 1.807) is 24.3 Å². The van der Waals surface area contributed by atoms with Crippen LogP contribution in [0.2, 0.25) is 5.02 Å². The fourth-order valence-electron chi connectivity index (χ4n) is 1.25. The Labute approximate surface area is 103 Å². The molecule has 0 radical (unpaired) electrons. The summed E-state index contributed by atoms with van der Waals surface area (Å²) < 4.78 is 0. The van der Waals surface area contributed by atoms with Crippen LogP contribution in [-0.2, 0) is 0 Å². The van der Waals surface area contributed by atoms with Gasteiger partial charge in [0.1, 0.15) is 0 Å². The molecule has 5 nitrogen and oxygen atoms in total. The third kappa shape index (κ3) is 2.70. The molecule has 17 heavy (non-hydrogen) atoms. The van der Waals surface area contributed by atoms with Crippen LogP contribution in [0.4, 0.5) is 11.4 Å². The van der Waals surface area contributed by atoms with Crippen molar-refractivity contribution in [3.05, 3.63) is 47.2 Å². The molecule has 3 N–H and O–H groups in total. The number of rotatable bonds is 2. The van der Waals surface area contributed by atoms with Crippen molar-refractivity contribution in [2.24, 2.45) is 0 Å². The minimum Gasteiger partial charge on any atom is -0.397 e. The topological polar surface area (TPSA) is 80.9 Å². The second kappa shape index (κ2) is 4.80. The summed E-state index contributed by atoms with van der Waals surface area (Å²) in [7, 11) is 0. The van der Waals surface area contributed by atoms with E-state index in [9.17, 15) is 4.79 Å². The minimum atomic E-state index is -0.276. The molecule has 0 atom stereocenters. The number of carbonyl (C=O) groups excluding carboxylic acids is 1. The van der Waals surface area contributed by atoms with Gasteiger partial charge in [0, 0.05) is 5.69 Å². The van der Waals surface area contributed by atoms with Gasteiger partial charge in [-0.05, 0) is 24.3 Å². The summed E-state index contributed by atoms with van der Waals surface area (Å²) in [4.78, 5) is 11.8. The molecule has 0 saturated carbocycles. The van der Waals surface area contributed by atoms with Crippen molar-refractivity contribution in [2.45, 2.75) is 0 Å². The van der Waals surface area contributed by atoms with Crippen LogP contribution in [0.15, 0.2) is 36.7 Å². The monoisotopic (exact) mass is 248 g/mol. The van der Waals surface area contributed by atoms with E-state index in [0.29, 0.717) is 22.0 Å². The third-order valence-corrected chi connectivity index (χ3v) is 2.44. The van der Waals surface area contributed by atoms with Crippen molar-refractivity contribution < 1.29 is 4.79 Å². The number of amides is 1. The molecule has 2 aromatic rings. The van der Waals surface area contributed by atoms with E-state index < -0.39 is 0 Å². The molecule has 0 bridgehead atoms. The zero-order chi connectivity index (χ0) is 12.3. The Bertz CT molecular complexity index is 544. The number of aromatic nitrogens is 2. The summed E-state index contributed by atoms with van der Waals surface area (Å²) in [6.45, 7) is 0. The van der Waals surface area contributed by atoms with Gasteiger partial charge in [-0.2, -0.15) is 10.2 Å². The molecule has 1 heterocycles. The standard InChI is InChI=1S/C11H9ClN4O/c12-9-2-1-8(5-10(9)13)16-11(17)7-3-4-14-15-6-7/h1-6H,13H2,(H,16,17). The molecule has 1 amide bonds. The molecule has 6 heteroatoms. The van der Waals surface area contributed by atoms with Crippen LogP contribution < -0.4 is 11.1 Å². The Morgan fingerprint density at radius 1 is 1.29 bits per heavy atom. The largest absolute Gasteiger partial charge is 0.397 e. The zero-order valence-corrected chi connectivity index (χ0v) is 9.48. The first-order chi connectivity index (χ1) is 8.16. The van der Waals surface area contributed by atoms with E-state index in [1.165, 1.54) is 12.4 Å². The average Bonchev–Trinajstić information content (AvgIpc) is 2.35. The fourth-order valence-corrected chi connectivity index (χ4v) is 1.37. The lowest BCUT2D eigenvalue weighted by Crippen LogP contribution is -2.12. The predicted molar refractivity (Wildman–Crippen MR) is 65.8 cm³/mol. The minimum absolute atomic E-state index is 0.276. The first-order valence-electron chi connectivity index (χ1n) is 4.80. The van der Waals surface area contributed by atoms with Crippen molar-refractivity contribution in [3.8, 4) is 0 Å². The number of benzene rings is 1. The number of nitrogens with one attached hydrogen (secondary N) is 1. The Morgan fingerprint density at radius 3 is 2.76 bits per heavy atom. The number of nitrogens with two attached hydrogens (primary N) is 1. The van der Waals surface area contributed by atoms with Crippen molar-refractivity contribution in [1.29, 1.82) is 0 Å².